The lowest BCUT2D eigenvalue weighted by Gasteiger charge is -2.15. The van der Waals surface area contributed by atoms with Gasteiger partial charge in [0.25, 0.3) is 0 Å². The molecule has 3 aromatic rings. The summed E-state index contributed by atoms with van der Waals surface area (Å²) in [5.41, 5.74) is 9.80. The topological polar surface area (TPSA) is 62.7 Å². The monoisotopic (exact) mass is 415 g/mol. The van der Waals surface area contributed by atoms with Crippen molar-refractivity contribution in [2.24, 2.45) is 0 Å². The summed E-state index contributed by atoms with van der Waals surface area (Å²) in [5, 5.41) is 10.1. The highest BCUT2D eigenvalue weighted by molar-refractivity contribution is 9.10. The summed E-state index contributed by atoms with van der Waals surface area (Å²) in [4.78, 5) is 4.39. The Bertz CT molecular complexity index is 1030. The highest BCUT2D eigenvalue weighted by atomic mass is 79.9. The van der Waals surface area contributed by atoms with Gasteiger partial charge in [-0.05, 0) is 58.2 Å². The van der Waals surface area contributed by atoms with E-state index in [1.54, 1.807) is 24.3 Å². The van der Waals surface area contributed by atoms with Gasteiger partial charge in [-0.25, -0.2) is 9.37 Å². The first-order valence-corrected chi connectivity index (χ1v) is 8.51. The first kappa shape index (κ1) is 17.4. The third-order valence-corrected chi connectivity index (χ3v) is 4.73. The molecular formula is C19H12BrClFN3. The molecule has 0 spiro atoms. The molecule has 25 heavy (non-hydrogen) atoms. The predicted octanol–water partition coefficient (Wildman–Crippen LogP) is 5.73. The molecule has 6 heteroatoms. The molecule has 0 bridgehead atoms. The molecular weight excluding hydrogens is 405 g/mol. The lowest BCUT2D eigenvalue weighted by atomic mass is 9.93. The van der Waals surface area contributed by atoms with Crippen molar-refractivity contribution < 1.29 is 4.39 Å². The maximum atomic E-state index is 13.6. The zero-order chi connectivity index (χ0) is 18.1. The van der Waals surface area contributed by atoms with Crippen molar-refractivity contribution in [1.29, 1.82) is 5.26 Å². The van der Waals surface area contributed by atoms with Crippen molar-refractivity contribution in [3.8, 4) is 28.5 Å². The fourth-order valence-electron chi connectivity index (χ4n) is 2.74. The average Bonchev–Trinajstić information content (AvgIpc) is 2.58. The molecule has 0 aliphatic carbocycles. The standard InChI is InChI=1S/C19H12BrClFN3/c1-10-17(11-5-6-16(22)15(20)8-11)14(9-23)19(24)25-18(10)12-3-2-4-13(21)7-12/h2-8H,1H3,(H2,24,25). The van der Waals surface area contributed by atoms with Gasteiger partial charge in [0.15, 0.2) is 0 Å². The Morgan fingerprint density at radius 2 is 1.96 bits per heavy atom. The van der Waals surface area contributed by atoms with Gasteiger partial charge in [-0.15, -0.1) is 0 Å². The van der Waals surface area contributed by atoms with Crippen LogP contribution >= 0.6 is 27.5 Å². The first-order chi connectivity index (χ1) is 11.9. The Labute approximate surface area is 158 Å². The zero-order valence-corrected chi connectivity index (χ0v) is 15.5. The van der Waals surface area contributed by atoms with Gasteiger partial charge in [0.05, 0.1) is 10.2 Å². The number of aromatic nitrogens is 1. The van der Waals surface area contributed by atoms with E-state index >= 15 is 0 Å². The lowest BCUT2D eigenvalue weighted by molar-refractivity contribution is 0.621. The molecule has 0 amide bonds. The predicted molar refractivity (Wildman–Crippen MR) is 102 cm³/mol. The number of rotatable bonds is 2. The summed E-state index contributed by atoms with van der Waals surface area (Å²) in [6.07, 6.45) is 0. The van der Waals surface area contributed by atoms with E-state index in [1.807, 2.05) is 19.1 Å². The van der Waals surface area contributed by atoms with Gasteiger partial charge in [0.2, 0.25) is 0 Å². The lowest BCUT2D eigenvalue weighted by Crippen LogP contribution is -2.03. The second-order valence-electron chi connectivity index (χ2n) is 5.47. The first-order valence-electron chi connectivity index (χ1n) is 7.34. The van der Waals surface area contributed by atoms with E-state index < -0.39 is 0 Å². The number of pyridine rings is 1. The highest BCUT2D eigenvalue weighted by Gasteiger charge is 2.19. The summed E-state index contributed by atoms with van der Waals surface area (Å²) in [6, 6.07) is 13.9. The SMILES string of the molecule is Cc1c(-c2cccc(Cl)c2)nc(N)c(C#N)c1-c1ccc(F)c(Br)c1. The number of hydrogen-bond donors (Lipinski definition) is 1. The maximum absolute atomic E-state index is 13.6. The van der Waals surface area contributed by atoms with Crippen LogP contribution in [0.3, 0.4) is 0 Å². The Hall–Kier alpha value is -2.42. The largest absolute Gasteiger partial charge is 0.383 e. The fourth-order valence-corrected chi connectivity index (χ4v) is 3.31. The number of halogens is 3. The van der Waals surface area contributed by atoms with Crippen molar-refractivity contribution in [3.63, 3.8) is 0 Å². The normalized spacial score (nSPS) is 10.5. The van der Waals surface area contributed by atoms with Crippen LogP contribution in [-0.2, 0) is 0 Å². The Kier molecular flexibility index (Phi) is 4.76. The molecule has 1 aromatic heterocycles. The molecule has 0 aliphatic rings. The summed E-state index contributed by atoms with van der Waals surface area (Å²) in [5.74, 6) is -0.254. The maximum Gasteiger partial charge on any atom is 0.142 e. The van der Waals surface area contributed by atoms with Crippen LogP contribution in [0, 0.1) is 24.1 Å². The van der Waals surface area contributed by atoms with Gasteiger partial charge >= 0.3 is 0 Å². The summed E-state index contributed by atoms with van der Waals surface area (Å²) < 4.78 is 13.9. The van der Waals surface area contributed by atoms with Gasteiger partial charge in [-0.1, -0.05) is 29.8 Å². The minimum absolute atomic E-state index is 0.124. The third-order valence-electron chi connectivity index (χ3n) is 3.89. The molecule has 0 saturated carbocycles. The number of nitrogens with two attached hydrogens (primary N) is 1. The van der Waals surface area contributed by atoms with Crippen LogP contribution in [0.2, 0.25) is 5.02 Å². The highest BCUT2D eigenvalue weighted by Crippen LogP contribution is 2.37. The van der Waals surface area contributed by atoms with Crippen molar-refractivity contribution in [3.05, 3.63) is 68.9 Å². The van der Waals surface area contributed by atoms with Crippen molar-refractivity contribution in [1.82, 2.24) is 4.98 Å². The molecule has 0 radical (unpaired) electrons. The number of nitrogen functional groups attached to an aromatic ring is 1. The minimum Gasteiger partial charge on any atom is -0.383 e. The second-order valence-corrected chi connectivity index (χ2v) is 6.76. The van der Waals surface area contributed by atoms with Gasteiger partial charge in [-0.2, -0.15) is 5.26 Å². The van der Waals surface area contributed by atoms with Crippen molar-refractivity contribution >= 4 is 33.3 Å². The number of nitrogens with zero attached hydrogens (tertiary/aromatic N) is 2. The van der Waals surface area contributed by atoms with E-state index in [2.05, 4.69) is 27.0 Å². The summed E-state index contributed by atoms with van der Waals surface area (Å²) in [6.45, 7) is 1.86. The molecule has 1 heterocycles. The van der Waals surface area contributed by atoms with Crippen LogP contribution in [0.1, 0.15) is 11.1 Å². The second kappa shape index (κ2) is 6.83. The quantitative estimate of drug-likeness (QED) is 0.580. The molecule has 0 aliphatic heterocycles. The molecule has 3 nitrogen and oxygen atoms in total. The third kappa shape index (κ3) is 3.23. The number of anilines is 1. The van der Waals surface area contributed by atoms with Crippen LogP contribution in [-0.4, -0.2) is 4.98 Å². The van der Waals surface area contributed by atoms with E-state index in [-0.39, 0.29) is 17.2 Å². The van der Waals surface area contributed by atoms with E-state index in [9.17, 15) is 9.65 Å². The molecule has 2 aromatic carbocycles. The molecule has 0 atom stereocenters. The Morgan fingerprint density at radius 1 is 1.20 bits per heavy atom. The van der Waals surface area contributed by atoms with Crippen LogP contribution in [0.5, 0.6) is 0 Å². The molecule has 0 unspecified atom stereocenters. The molecule has 3 rings (SSSR count). The minimum atomic E-state index is -0.378. The van der Waals surface area contributed by atoms with E-state index in [0.717, 1.165) is 11.1 Å². The van der Waals surface area contributed by atoms with Crippen LogP contribution in [0.4, 0.5) is 10.2 Å². The van der Waals surface area contributed by atoms with E-state index in [0.29, 0.717) is 26.3 Å². The Morgan fingerprint density at radius 3 is 2.60 bits per heavy atom. The van der Waals surface area contributed by atoms with Gasteiger partial charge in [0, 0.05) is 16.1 Å². The fraction of sp³-hybridized carbons (Fsp3) is 0.0526. The van der Waals surface area contributed by atoms with E-state index in [4.69, 9.17) is 17.3 Å². The van der Waals surface area contributed by atoms with Crippen molar-refractivity contribution in [2.75, 3.05) is 5.73 Å². The molecule has 0 fully saturated rings. The van der Waals surface area contributed by atoms with Gasteiger partial charge < -0.3 is 5.73 Å². The number of hydrogen-bond acceptors (Lipinski definition) is 3. The molecule has 2 N–H and O–H groups in total. The number of nitriles is 1. The molecule has 0 saturated heterocycles. The van der Waals surface area contributed by atoms with Crippen molar-refractivity contribution in [2.45, 2.75) is 6.92 Å². The van der Waals surface area contributed by atoms with E-state index in [1.165, 1.54) is 6.07 Å². The van der Waals surface area contributed by atoms with Crippen LogP contribution < -0.4 is 5.73 Å². The van der Waals surface area contributed by atoms with Gasteiger partial charge in [0.1, 0.15) is 23.3 Å². The smallest absolute Gasteiger partial charge is 0.142 e. The van der Waals surface area contributed by atoms with Crippen LogP contribution in [0.25, 0.3) is 22.4 Å². The zero-order valence-electron chi connectivity index (χ0n) is 13.1. The summed E-state index contributed by atoms with van der Waals surface area (Å²) >= 11 is 9.26. The van der Waals surface area contributed by atoms with Crippen LogP contribution in [0.15, 0.2) is 46.9 Å². The Balaban J connectivity index is 2.34. The molecule has 124 valence electrons. The van der Waals surface area contributed by atoms with Gasteiger partial charge in [-0.3, -0.25) is 0 Å². The average molecular weight is 417 g/mol. The number of benzene rings is 2. The summed E-state index contributed by atoms with van der Waals surface area (Å²) in [7, 11) is 0.